The lowest BCUT2D eigenvalue weighted by atomic mass is 10.4. The van der Waals surface area contributed by atoms with Gasteiger partial charge in [-0.05, 0) is 18.3 Å². The predicted molar refractivity (Wildman–Crippen MR) is 70.1 cm³/mol. The average Bonchev–Trinajstić information content (AvgIpc) is 2.37. The first kappa shape index (κ1) is 14.1. The van der Waals surface area contributed by atoms with Crippen LogP contribution in [0.3, 0.4) is 0 Å². The lowest BCUT2D eigenvalue weighted by molar-refractivity contribution is -0.385. The zero-order valence-electron chi connectivity index (χ0n) is 9.67. The Hall–Kier alpha value is -2.00. The molecule has 0 saturated carbocycles. The maximum absolute atomic E-state index is 10.4. The molecule has 1 rings (SSSR count). The Morgan fingerprint density at radius 3 is 2.94 bits per heavy atom. The number of methoxy groups -OCH3 is 1. The second kappa shape index (κ2) is 7.35. The van der Waals surface area contributed by atoms with Crippen molar-refractivity contribution >= 4 is 28.8 Å². The summed E-state index contributed by atoms with van der Waals surface area (Å²) in [5, 5.41) is 13.7. The van der Waals surface area contributed by atoms with Crippen molar-refractivity contribution < 1.29 is 9.66 Å². The fourth-order valence-corrected chi connectivity index (χ4v) is 1.15. The van der Waals surface area contributed by atoms with E-state index < -0.39 is 4.92 Å². The second-order valence-corrected chi connectivity index (χ2v) is 3.57. The number of thiocarbonyl (C=S) groups is 1. The van der Waals surface area contributed by atoms with E-state index in [0.717, 1.165) is 6.20 Å². The highest BCUT2D eigenvalue weighted by Gasteiger charge is 2.04. The van der Waals surface area contributed by atoms with Crippen molar-refractivity contribution in [2.45, 2.75) is 0 Å². The first-order valence-electron chi connectivity index (χ1n) is 5.02. The quantitative estimate of drug-likeness (QED) is 0.296. The molecule has 1 aromatic heterocycles. The van der Waals surface area contributed by atoms with Crippen LogP contribution in [0.1, 0.15) is 0 Å². The van der Waals surface area contributed by atoms with Gasteiger partial charge in [0.25, 0.3) is 5.69 Å². The smallest absolute Gasteiger partial charge is 0.287 e. The summed E-state index contributed by atoms with van der Waals surface area (Å²) in [6.07, 6.45) is 1.16. The Labute approximate surface area is 109 Å². The zero-order valence-corrected chi connectivity index (χ0v) is 10.5. The molecular weight excluding hydrogens is 258 g/mol. The Kier molecular flexibility index (Phi) is 5.74. The van der Waals surface area contributed by atoms with E-state index >= 15 is 0 Å². The fraction of sp³-hybridized carbons (Fsp3) is 0.333. The summed E-state index contributed by atoms with van der Waals surface area (Å²) < 4.78 is 4.84. The third-order valence-corrected chi connectivity index (χ3v) is 2.10. The summed E-state index contributed by atoms with van der Waals surface area (Å²) in [6, 6.07) is 2.82. The summed E-state index contributed by atoms with van der Waals surface area (Å²) in [5.41, 5.74) is 5.33. The van der Waals surface area contributed by atoms with Gasteiger partial charge in [-0.1, -0.05) is 0 Å². The molecule has 18 heavy (non-hydrogen) atoms. The number of nitrogens with one attached hydrogen (secondary N) is 3. The number of pyridine rings is 1. The second-order valence-electron chi connectivity index (χ2n) is 3.16. The molecule has 0 radical (unpaired) electrons. The maximum atomic E-state index is 10.4. The van der Waals surface area contributed by atoms with E-state index in [2.05, 4.69) is 21.2 Å². The minimum absolute atomic E-state index is 0.0682. The molecule has 0 spiro atoms. The van der Waals surface area contributed by atoms with Gasteiger partial charge in [0, 0.05) is 19.7 Å². The number of nitrogens with zero attached hydrogens (tertiary/aromatic N) is 2. The van der Waals surface area contributed by atoms with Crippen LogP contribution in [0.5, 0.6) is 0 Å². The van der Waals surface area contributed by atoms with E-state index in [0.29, 0.717) is 24.1 Å². The Morgan fingerprint density at radius 1 is 1.61 bits per heavy atom. The summed E-state index contributed by atoms with van der Waals surface area (Å²) in [5.74, 6) is 0.427. The predicted octanol–water partition coefficient (Wildman–Crippen LogP) is 0.427. The minimum Gasteiger partial charge on any atom is -0.383 e. The SMILES string of the molecule is COCCNC(=S)NNc1ccc([N+](=O)[O-])cn1. The van der Waals surface area contributed by atoms with Crippen LogP contribution in [0, 0.1) is 10.1 Å². The number of rotatable bonds is 6. The van der Waals surface area contributed by atoms with Crippen molar-refractivity contribution in [1.82, 2.24) is 15.7 Å². The first-order valence-corrected chi connectivity index (χ1v) is 5.43. The van der Waals surface area contributed by atoms with E-state index in [1.54, 1.807) is 7.11 Å². The zero-order chi connectivity index (χ0) is 13.4. The number of hydrazine groups is 1. The van der Waals surface area contributed by atoms with Crippen molar-refractivity contribution in [3.05, 3.63) is 28.4 Å². The van der Waals surface area contributed by atoms with Gasteiger partial charge < -0.3 is 10.1 Å². The Balaban J connectivity index is 2.34. The van der Waals surface area contributed by atoms with Crippen molar-refractivity contribution in [1.29, 1.82) is 0 Å². The molecule has 0 aromatic carbocycles. The lowest BCUT2D eigenvalue weighted by Crippen LogP contribution is -2.40. The molecule has 0 aliphatic heterocycles. The van der Waals surface area contributed by atoms with E-state index in [1.807, 2.05) is 0 Å². The van der Waals surface area contributed by atoms with E-state index in [-0.39, 0.29) is 5.69 Å². The fourth-order valence-electron chi connectivity index (χ4n) is 1.000. The molecular formula is C9H13N5O3S. The van der Waals surface area contributed by atoms with Crippen LogP contribution in [0.25, 0.3) is 0 Å². The van der Waals surface area contributed by atoms with Gasteiger partial charge in [-0.3, -0.25) is 21.0 Å². The van der Waals surface area contributed by atoms with Gasteiger partial charge in [-0.15, -0.1) is 0 Å². The molecule has 0 saturated heterocycles. The Morgan fingerprint density at radius 2 is 2.39 bits per heavy atom. The third kappa shape index (κ3) is 4.89. The van der Waals surface area contributed by atoms with Crippen LogP contribution in [-0.2, 0) is 4.74 Å². The minimum atomic E-state index is -0.513. The van der Waals surface area contributed by atoms with Crippen LogP contribution in [0.2, 0.25) is 0 Å². The molecule has 3 N–H and O–H groups in total. The molecule has 0 unspecified atom stereocenters. The van der Waals surface area contributed by atoms with E-state index in [4.69, 9.17) is 17.0 Å². The van der Waals surface area contributed by atoms with Gasteiger partial charge in [-0.2, -0.15) is 0 Å². The Bertz CT molecular complexity index is 411. The number of nitro groups is 1. The summed E-state index contributed by atoms with van der Waals surface area (Å²) >= 11 is 4.96. The topological polar surface area (TPSA) is 101 Å². The highest BCUT2D eigenvalue weighted by Crippen LogP contribution is 2.10. The third-order valence-electron chi connectivity index (χ3n) is 1.85. The molecule has 0 aliphatic rings. The number of hydrogen-bond acceptors (Lipinski definition) is 6. The molecule has 0 atom stereocenters. The molecule has 8 nitrogen and oxygen atoms in total. The molecule has 0 bridgehead atoms. The molecule has 0 amide bonds. The van der Waals surface area contributed by atoms with Crippen molar-refractivity contribution in [2.75, 3.05) is 25.7 Å². The highest BCUT2D eigenvalue weighted by atomic mass is 32.1. The molecule has 0 aliphatic carbocycles. The van der Waals surface area contributed by atoms with Gasteiger partial charge in [0.1, 0.15) is 12.0 Å². The van der Waals surface area contributed by atoms with Crippen molar-refractivity contribution in [3.8, 4) is 0 Å². The maximum Gasteiger partial charge on any atom is 0.287 e. The monoisotopic (exact) mass is 271 g/mol. The lowest BCUT2D eigenvalue weighted by Gasteiger charge is -2.11. The van der Waals surface area contributed by atoms with Gasteiger partial charge in [0.15, 0.2) is 5.11 Å². The highest BCUT2D eigenvalue weighted by molar-refractivity contribution is 7.80. The number of anilines is 1. The van der Waals surface area contributed by atoms with Gasteiger partial charge >= 0.3 is 0 Å². The van der Waals surface area contributed by atoms with Crippen LogP contribution < -0.4 is 16.2 Å². The van der Waals surface area contributed by atoms with Gasteiger partial charge in [0.05, 0.1) is 11.5 Å². The molecule has 9 heteroatoms. The number of ether oxygens (including phenoxy) is 1. The number of hydrogen-bond donors (Lipinski definition) is 3. The van der Waals surface area contributed by atoms with Crippen LogP contribution in [0.15, 0.2) is 18.3 Å². The first-order chi connectivity index (χ1) is 8.63. The number of aromatic nitrogens is 1. The summed E-state index contributed by atoms with van der Waals surface area (Å²) in [6.45, 7) is 1.12. The largest absolute Gasteiger partial charge is 0.383 e. The summed E-state index contributed by atoms with van der Waals surface area (Å²) in [7, 11) is 1.59. The molecule has 0 fully saturated rings. The molecule has 1 aromatic rings. The normalized spacial score (nSPS) is 9.61. The summed E-state index contributed by atoms with van der Waals surface area (Å²) in [4.78, 5) is 13.7. The molecule has 98 valence electrons. The van der Waals surface area contributed by atoms with Crippen molar-refractivity contribution in [3.63, 3.8) is 0 Å². The van der Waals surface area contributed by atoms with Crippen LogP contribution >= 0.6 is 12.2 Å². The molecule has 1 heterocycles. The average molecular weight is 271 g/mol. The van der Waals surface area contributed by atoms with Crippen molar-refractivity contribution in [2.24, 2.45) is 0 Å². The standard InChI is InChI=1S/C9H13N5O3S/c1-17-5-4-10-9(18)13-12-8-3-2-7(6-11-8)14(15)16/h2-3,6H,4-5H2,1H3,(H,11,12)(H2,10,13,18). The van der Waals surface area contributed by atoms with Gasteiger partial charge in [-0.25, -0.2) is 4.98 Å². The van der Waals surface area contributed by atoms with Crippen LogP contribution in [-0.4, -0.2) is 35.3 Å². The van der Waals surface area contributed by atoms with E-state index in [1.165, 1.54) is 12.1 Å². The van der Waals surface area contributed by atoms with E-state index in [9.17, 15) is 10.1 Å². The van der Waals surface area contributed by atoms with Gasteiger partial charge in [0.2, 0.25) is 0 Å². The van der Waals surface area contributed by atoms with Crippen LogP contribution in [0.4, 0.5) is 11.5 Å².